The smallest absolute Gasteiger partial charge is 0.239 e. The molecule has 2 saturated heterocycles. The van der Waals surface area contributed by atoms with Gasteiger partial charge in [-0.1, -0.05) is 0 Å². The maximum Gasteiger partial charge on any atom is 0.239 e. The van der Waals surface area contributed by atoms with Crippen molar-refractivity contribution >= 4 is 29.1 Å². The molecule has 4 N–H and O–H groups in total. The van der Waals surface area contributed by atoms with Gasteiger partial charge >= 0.3 is 0 Å². The van der Waals surface area contributed by atoms with Gasteiger partial charge in [-0.05, 0) is 44.6 Å². The van der Waals surface area contributed by atoms with Gasteiger partial charge in [-0.2, -0.15) is 0 Å². The Bertz CT molecular complexity index is 428. The number of nitrogens with one attached hydrogen (secondary N) is 1. The molecule has 3 fully saturated rings. The number of aliphatic hydroxyl groups excluding tert-OH is 1. The molecular weight excluding hydrogens is 337 g/mol. The first-order valence-electron chi connectivity index (χ1n) is 8.71. The lowest BCUT2D eigenvalue weighted by molar-refractivity contribution is -0.136. The third kappa shape index (κ3) is 3.79. The predicted molar refractivity (Wildman–Crippen MR) is 91.7 cm³/mol. The zero-order valence-corrected chi connectivity index (χ0v) is 14.8. The molecule has 2 heterocycles. The number of carbonyl (C=O) groups excluding carboxylic acids is 1. The summed E-state index contributed by atoms with van der Waals surface area (Å²) >= 11 is 12.4. The third-order valence-corrected chi connectivity index (χ3v) is 6.96. The average molecular weight is 364 g/mol. The molecule has 4 unspecified atom stereocenters. The van der Waals surface area contributed by atoms with Gasteiger partial charge in [0, 0.05) is 25.0 Å². The molecule has 0 bridgehead atoms. The molecule has 0 spiro atoms. The van der Waals surface area contributed by atoms with Crippen LogP contribution in [0.15, 0.2) is 0 Å². The highest BCUT2D eigenvalue weighted by atomic mass is 35.5. The van der Waals surface area contributed by atoms with Crippen LogP contribution in [0.3, 0.4) is 0 Å². The molecule has 2 aliphatic heterocycles. The van der Waals surface area contributed by atoms with E-state index in [1.54, 1.807) is 0 Å². The molecule has 7 heteroatoms. The SMILES string of the molecule is N[C@H](C1CCN(C(=O)[C@@H]2CCN2)CC1)C1CC(Cl)C(Cl)CC1O. The number of piperidine rings is 1. The van der Waals surface area contributed by atoms with Crippen molar-refractivity contribution in [1.29, 1.82) is 0 Å². The van der Waals surface area contributed by atoms with E-state index >= 15 is 0 Å². The summed E-state index contributed by atoms with van der Waals surface area (Å²) in [6, 6.07) is -0.0486. The highest BCUT2D eigenvalue weighted by Crippen LogP contribution is 2.37. The Morgan fingerprint density at radius 1 is 1.17 bits per heavy atom. The fourth-order valence-corrected chi connectivity index (χ4v) is 4.70. The van der Waals surface area contributed by atoms with E-state index in [4.69, 9.17) is 28.9 Å². The molecule has 1 amide bonds. The highest BCUT2D eigenvalue weighted by molar-refractivity contribution is 6.30. The molecule has 0 aromatic heterocycles. The van der Waals surface area contributed by atoms with Crippen molar-refractivity contribution in [2.45, 2.75) is 61.0 Å². The quantitative estimate of drug-likeness (QED) is 0.651. The van der Waals surface area contributed by atoms with Crippen LogP contribution in [0.5, 0.6) is 0 Å². The summed E-state index contributed by atoms with van der Waals surface area (Å²) in [4.78, 5) is 14.2. The molecule has 0 aromatic carbocycles. The number of hydrogen-bond donors (Lipinski definition) is 3. The van der Waals surface area contributed by atoms with Crippen LogP contribution in [-0.2, 0) is 4.79 Å². The standard InChI is InChI=1S/C16H27Cl2N3O2/c17-11-7-10(14(22)8-12(11)18)15(19)9-2-5-21(6-3-9)16(23)13-1-4-20-13/h9-15,20,22H,1-8,19H2/t10?,11?,12?,13-,14?,15+/m0/s1. The number of rotatable bonds is 3. The number of alkyl halides is 2. The summed E-state index contributed by atoms with van der Waals surface area (Å²) in [6.07, 6.45) is 3.46. The molecule has 1 aliphatic carbocycles. The zero-order chi connectivity index (χ0) is 16.6. The second-order valence-electron chi connectivity index (χ2n) is 7.27. The van der Waals surface area contributed by atoms with Gasteiger partial charge in [-0.15, -0.1) is 23.2 Å². The number of nitrogens with zero attached hydrogens (tertiary/aromatic N) is 1. The molecule has 132 valence electrons. The summed E-state index contributed by atoms with van der Waals surface area (Å²) in [5, 5.41) is 13.2. The minimum absolute atomic E-state index is 0.00745. The predicted octanol–water partition coefficient (Wildman–Crippen LogP) is 0.900. The van der Waals surface area contributed by atoms with E-state index < -0.39 is 6.10 Å². The van der Waals surface area contributed by atoms with E-state index in [2.05, 4.69) is 5.32 Å². The first-order chi connectivity index (χ1) is 11.0. The Morgan fingerprint density at radius 2 is 1.78 bits per heavy atom. The summed E-state index contributed by atoms with van der Waals surface area (Å²) in [5.74, 6) is 0.573. The van der Waals surface area contributed by atoms with E-state index in [1.807, 2.05) is 4.90 Å². The Hall–Kier alpha value is -0.0700. The third-order valence-electron chi connectivity index (χ3n) is 5.86. The van der Waals surface area contributed by atoms with Crippen LogP contribution in [0.4, 0.5) is 0 Å². The van der Waals surface area contributed by atoms with Gasteiger partial charge in [-0.25, -0.2) is 0 Å². The summed E-state index contributed by atoms with van der Waals surface area (Å²) in [6.45, 7) is 2.47. The van der Waals surface area contributed by atoms with Gasteiger partial charge in [0.1, 0.15) is 0 Å². The van der Waals surface area contributed by atoms with Crippen molar-refractivity contribution in [3.05, 3.63) is 0 Å². The minimum Gasteiger partial charge on any atom is -0.393 e. The van der Waals surface area contributed by atoms with Crippen LogP contribution < -0.4 is 11.1 Å². The largest absolute Gasteiger partial charge is 0.393 e. The van der Waals surface area contributed by atoms with Gasteiger partial charge in [-0.3, -0.25) is 4.79 Å². The maximum absolute atomic E-state index is 12.2. The van der Waals surface area contributed by atoms with Crippen molar-refractivity contribution in [2.24, 2.45) is 17.6 Å². The molecule has 0 radical (unpaired) electrons. The number of carbonyl (C=O) groups is 1. The zero-order valence-electron chi connectivity index (χ0n) is 13.3. The average Bonchev–Trinajstić information content (AvgIpc) is 2.48. The lowest BCUT2D eigenvalue weighted by atomic mass is 9.74. The minimum atomic E-state index is -0.471. The lowest BCUT2D eigenvalue weighted by Gasteiger charge is -2.43. The van der Waals surface area contributed by atoms with Gasteiger partial charge in [0.2, 0.25) is 5.91 Å². The van der Waals surface area contributed by atoms with Gasteiger partial charge < -0.3 is 21.1 Å². The Morgan fingerprint density at radius 3 is 2.35 bits per heavy atom. The molecular formula is C16H27Cl2N3O2. The summed E-state index contributed by atoms with van der Waals surface area (Å²) in [5.41, 5.74) is 6.46. The van der Waals surface area contributed by atoms with Crippen LogP contribution in [0, 0.1) is 11.8 Å². The number of amides is 1. The Kier molecular flexibility index (Phi) is 5.74. The van der Waals surface area contributed by atoms with Crippen LogP contribution in [-0.4, -0.2) is 64.5 Å². The second-order valence-corrected chi connectivity index (χ2v) is 8.39. The molecule has 6 atom stereocenters. The number of hydrogen-bond acceptors (Lipinski definition) is 4. The maximum atomic E-state index is 12.2. The molecule has 5 nitrogen and oxygen atoms in total. The van der Waals surface area contributed by atoms with Crippen molar-refractivity contribution in [1.82, 2.24) is 10.2 Å². The van der Waals surface area contributed by atoms with E-state index in [-0.39, 0.29) is 34.7 Å². The van der Waals surface area contributed by atoms with Crippen LogP contribution in [0.1, 0.15) is 32.1 Å². The van der Waals surface area contributed by atoms with Gasteiger partial charge in [0.25, 0.3) is 0 Å². The van der Waals surface area contributed by atoms with Crippen molar-refractivity contribution in [3.63, 3.8) is 0 Å². The van der Waals surface area contributed by atoms with Gasteiger partial charge in [0.05, 0.1) is 22.9 Å². The number of aliphatic hydroxyl groups is 1. The van der Waals surface area contributed by atoms with Crippen molar-refractivity contribution < 1.29 is 9.90 Å². The molecule has 1 saturated carbocycles. The molecule has 23 heavy (non-hydrogen) atoms. The topological polar surface area (TPSA) is 78.6 Å². The van der Waals surface area contributed by atoms with Gasteiger partial charge in [0.15, 0.2) is 0 Å². The number of halogens is 2. The fraction of sp³-hybridized carbons (Fsp3) is 0.938. The highest BCUT2D eigenvalue weighted by Gasteiger charge is 2.41. The van der Waals surface area contributed by atoms with Crippen molar-refractivity contribution in [3.8, 4) is 0 Å². The second kappa shape index (κ2) is 7.44. The van der Waals surface area contributed by atoms with Crippen LogP contribution >= 0.6 is 23.2 Å². The van der Waals surface area contributed by atoms with Crippen LogP contribution in [0.25, 0.3) is 0 Å². The van der Waals surface area contributed by atoms with E-state index in [1.165, 1.54) is 0 Å². The van der Waals surface area contributed by atoms with Crippen molar-refractivity contribution in [2.75, 3.05) is 19.6 Å². The van der Waals surface area contributed by atoms with E-state index in [0.29, 0.717) is 18.8 Å². The fourth-order valence-electron chi connectivity index (χ4n) is 4.11. The Labute approximate surface area is 147 Å². The summed E-state index contributed by atoms with van der Waals surface area (Å²) < 4.78 is 0. The van der Waals surface area contributed by atoms with Crippen LogP contribution in [0.2, 0.25) is 0 Å². The molecule has 3 rings (SSSR count). The van der Waals surface area contributed by atoms with E-state index in [0.717, 1.165) is 38.9 Å². The number of nitrogens with two attached hydrogens (primary N) is 1. The summed E-state index contributed by atoms with van der Waals surface area (Å²) in [7, 11) is 0. The normalized spacial score (nSPS) is 40.5. The first kappa shape index (κ1) is 17.7. The Balaban J connectivity index is 1.51. The molecule has 3 aliphatic rings. The first-order valence-corrected chi connectivity index (χ1v) is 9.58. The monoisotopic (exact) mass is 363 g/mol. The lowest BCUT2D eigenvalue weighted by Crippen LogP contribution is -2.57. The molecule has 0 aromatic rings. The van der Waals surface area contributed by atoms with E-state index in [9.17, 15) is 9.90 Å². The number of likely N-dealkylation sites (tertiary alicyclic amines) is 1.